The number of benzene rings is 2. The van der Waals surface area contributed by atoms with Crippen LogP contribution in [0.1, 0.15) is 104 Å². The van der Waals surface area contributed by atoms with Gasteiger partial charge >= 0.3 is 0 Å². The van der Waals surface area contributed by atoms with Gasteiger partial charge in [0.15, 0.2) is 0 Å². The lowest BCUT2D eigenvalue weighted by atomic mass is 9.64. The van der Waals surface area contributed by atoms with Crippen molar-refractivity contribution in [2.24, 2.45) is 0 Å². The van der Waals surface area contributed by atoms with Crippen LogP contribution in [0.25, 0.3) is 5.57 Å². The molecule has 192 valence electrons. The molecule has 0 aromatic heterocycles. The third-order valence-electron chi connectivity index (χ3n) is 8.00. The van der Waals surface area contributed by atoms with E-state index in [-0.39, 0.29) is 22.8 Å². The maximum Gasteiger partial charge on any atom is 0.227 e. The molecule has 0 aliphatic carbocycles. The monoisotopic (exact) mass is 486 g/mol. The Kier molecular flexibility index (Phi) is 6.70. The number of rotatable bonds is 5. The fourth-order valence-corrected chi connectivity index (χ4v) is 6.71. The minimum atomic E-state index is -0.393. The first kappa shape index (κ1) is 26.2. The summed E-state index contributed by atoms with van der Waals surface area (Å²) in [5, 5.41) is 0. The van der Waals surface area contributed by atoms with Crippen molar-refractivity contribution in [2.45, 2.75) is 104 Å². The molecule has 2 aliphatic rings. The molecule has 0 bridgehead atoms. The Bertz CT molecular complexity index is 1220. The first-order chi connectivity index (χ1) is 16.9. The zero-order valence-electron chi connectivity index (χ0n) is 23.4. The summed E-state index contributed by atoms with van der Waals surface area (Å²) < 4.78 is 0. The average Bonchev–Trinajstić information content (AvgIpc) is 2.78. The van der Waals surface area contributed by atoms with Crippen molar-refractivity contribution in [2.75, 3.05) is 9.80 Å². The lowest BCUT2D eigenvalue weighted by Crippen LogP contribution is -2.56. The summed E-state index contributed by atoms with van der Waals surface area (Å²) in [5.41, 5.74) is 5.62. The molecule has 2 aliphatic heterocycles. The standard InChI is InChI=1S/C32H42N2O2/c1-9-13-28(35)33-26-16-12-11-15-25(26)32(8,21-31(33,6)7)23-17-18-24-22(3)20-30(4,5)34(27(24)19-23)29(36)14-10-2/h11-12,15-20H,9-10,13-14,21H2,1-8H3. The average molecular weight is 487 g/mol. The zero-order valence-corrected chi connectivity index (χ0v) is 23.4. The van der Waals surface area contributed by atoms with E-state index < -0.39 is 5.54 Å². The number of allylic oxidation sites excluding steroid dienone is 1. The Morgan fingerprint density at radius 2 is 1.44 bits per heavy atom. The van der Waals surface area contributed by atoms with Crippen molar-refractivity contribution in [3.05, 3.63) is 65.2 Å². The number of carbonyl (C=O) groups is 2. The van der Waals surface area contributed by atoms with E-state index in [4.69, 9.17) is 0 Å². The molecule has 2 amide bonds. The van der Waals surface area contributed by atoms with Crippen LogP contribution in [-0.2, 0) is 15.0 Å². The van der Waals surface area contributed by atoms with Gasteiger partial charge in [0, 0.05) is 35.0 Å². The number of fused-ring (bicyclic) bond motifs is 2. The quantitative estimate of drug-likeness (QED) is 0.436. The molecule has 2 aromatic rings. The molecule has 4 rings (SSSR count). The highest BCUT2D eigenvalue weighted by molar-refractivity contribution is 6.01. The molecule has 36 heavy (non-hydrogen) atoms. The second-order valence-corrected chi connectivity index (χ2v) is 12.0. The highest BCUT2D eigenvalue weighted by Gasteiger charge is 2.48. The fraction of sp³-hybridized carbons (Fsp3) is 0.500. The molecule has 0 spiro atoms. The smallest absolute Gasteiger partial charge is 0.227 e. The molecule has 0 saturated carbocycles. The van der Waals surface area contributed by atoms with E-state index >= 15 is 0 Å². The normalized spacial score (nSPS) is 21.9. The van der Waals surface area contributed by atoms with Crippen molar-refractivity contribution in [3.63, 3.8) is 0 Å². The van der Waals surface area contributed by atoms with Gasteiger partial charge in [0.2, 0.25) is 11.8 Å². The van der Waals surface area contributed by atoms with Crippen LogP contribution in [0.3, 0.4) is 0 Å². The number of nitrogens with zero attached hydrogens (tertiary/aromatic N) is 2. The predicted molar refractivity (Wildman–Crippen MR) is 151 cm³/mol. The summed E-state index contributed by atoms with van der Waals surface area (Å²) in [5.74, 6) is 0.344. The number of para-hydroxylation sites is 1. The number of anilines is 2. The van der Waals surface area contributed by atoms with Crippen LogP contribution < -0.4 is 9.80 Å². The lowest BCUT2D eigenvalue weighted by Gasteiger charge is -2.52. The highest BCUT2D eigenvalue weighted by atomic mass is 16.2. The minimum Gasteiger partial charge on any atom is -0.307 e. The van der Waals surface area contributed by atoms with E-state index in [0.717, 1.165) is 36.2 Å². The Hall–Kier alpha value is -2.88. The molecule has 0 saturated heterocycles. The Morgan fingerprint density at radius 1 is 0.833 bits per heavy atom. The van der Waals surface area contributed by atoms with Crippen LogP contribution in [0, 0.1) is 0 Å². The SMILES string of the molecule is CCCC(=O)N1c2cc(C3(C)CC(C)(C)N(C(=O)CCC)c4ccccc43)ccc2C(C)=CC1(C)C. The maximum atomic E-state index is 13.4. The van der Waals surface area contributed by atoms with E-state index in [1.807, 2.05) is 15.9 Å². The summed E-state index contributed by atoms with van der Waals surface area (Å²) in [6.45, 7) is 17.2. The van der Waals surface area contributed by atoms with Gasteiger partial charge in [0.1, 0.15) is 0 Å². The molecule has 0 fully saturated rings. The zero-order chi connectivity index (χ0) is 26.5. The van der Waals surface area contributed by atoms with Gasteiger partial charge < -0.3 is 9.80 Å². The first-order valence-electron chi connectivity index (χ1n) is 13.5. The van der Waals surface area contributed by atoms with E-state index in [2.05, 4.69) is 97.9 Å². The number of hydrogen-bond donors (Lipinski definition) is 0. The third-order valence-corrected chi connectivity index (χ3v) is 8.00. The van der Waals surface area contributed by atoms with E-state index in [9.17, 15) is 9.59 Å². The largest absolute Gasteiger partial charge is 0.307 e. The van der Waals surface area contributed by atoms with Crippen molar-refractivity contribution < 1.29 is 9.59 Å². The fourth-order valence-electron chi connectivity index (χ4n) is 6.71. The van der Waals surface area contributed by atoms with E-state index in [1.54, 1.807) is 0 Å². The van der Waals surface area contributed by atoms with Crippen LogP contribution in [0.4, 0.5) is 11.4 Å². The molecule has 1 unspecified atom stereocenters. The summed E-state index contributed by atoms with van der Waals surface area (Å²) in [6.07, 6.45) is 5.74. The van der Waals surface area contributed by atoms with Gasteiger partial charge in [-0.15, -0.1) is 0 Å². The molecule has 0 N–H and O–H groups in total. The van der Waals surface area contributed by atoms with Gasteiger partial charge in [-0.3, -0.25) is 9.59 Å². The summed E-state index contributed by atoms with van der Waals surface area (Å²) >= 11 is 0. The van der Waals surface area contributed by atoms with Crippen LogP contribution in [-0.4, -0.2) is 22.9 Å². The molecule has 2 aromatic carbocycles. The van der Waals surface area contributed by atoms with Crippen molar-refractivity contribution in [3.8, 4) is 0 Å². The van der Waals surface area contributed by atoms with Crippen LogP contribution in [0.15, 0.2) is 48.5 Å². The van der Waals surface area contributed by atoms with Crippen LogP contribution in [0.5, 0.6) is 0 Å². The highest BCUT2D eigenvalue weighted by Crippen LogP contribution is 2.52. The van der Waals surface area contributed by atoms with Gasteiger partial charge in [-0.2, -0.15) is 0 Å². The second kappa shape index (κ2) is 9.21. The summed E-state index contributed by atoms with van der Waals surface area (Å²) in [6, 6.07) is 15.0. The molecule has 4 heteroatoms. The molecular formula is C32H42N2O2. The molecular weight excluding hydrogens is 444 g/mol. The first-order valence-corrected chi connectivity index (χ1v) is 13.5. The second-order valence-electron chi connectivity index (χ2n) is 12.0. The Balaban J connectivity index is 1.91. The molecule has 0 radical (unpaired) electrons. The minimum absolute atomic E-state index is 0.163. The summed E-state index contributed by atoms with van der Waals surface area (Å²) in [7, 11) is 0. The predicted octanol–water partition coefficient (Wildman–Crippen LogP) is 7.64. The summed E-state index contributed by atoms with van der Waals surface area (Å²) in [4.78, 5) is 30.7. The lowest BCUT2D eigenvalue weighted by molar-refractivity contribution is -0.120. The number of hydrogen-bond acceptors (Lipinski definition) is 2. The van der Waals surface area contributed by atoms with Crippen LogP contribution in [0.2, 0.25) is 0 Å². The number of amides is 2. The molecule has 1 atom stereocenters. The van der Waals surface area contributed by atoms with Gasteiger partial charge in [-0.05, 0) is 82.7 Å². The van der Waals surface area contributed by atoms with Gasteiger partial charge in [-0.25, -0.2) is 0 Å². The van der Waals surface area contributed by atoms with E-state index in [1.165, 1.54) is 16.7 Å². The van der Waals surface area contributed by atoms with Crippen molar-refractivity contribution in [1.29, 1.82) is 0 Å². The molecule has 4 nitrogen and oxygen atoms in total. The maximum absolute atomic E-state index is 13.4. The van der Waals surface area contributed by atoms with E-state index in [0.29, 0.717) is 12.8 Å². The van der Waals surface area contributed by atoms with Crippen molar-refractivity contribution >= 4 is 28.8 Å². The van der Waals surface area contributed by atoms with Gasteiger partial charge in [0.25, 0.3) is 0 Å². The topological polar surface area (TPSA) is 40.6 Å². The molecule has 2 heterocycles. The van der Waals surface area contributed by atoms with Gasteiger partial charge in [-0.1, -0.05) is 57.2 Å². The third kappa shape index (κ3) is 4.19. The number of carbonyl (C=O) groups excluding carboxylic acids is 2. The van der Waals surface area contributed by atoms with Gasteiger partial charge in [0.05, 0.1) is 11.2 Å². The Morgan fingerprint density at radius 3 is 2.08 bits per heavy atom. The Labute approximate surface area is 217 Å². The van der Waals surface area contributed by atoms with Crippen LogP contribution >= 0.6 is 0 Å². The van der Waals surface area contributed by atoms with Crippen molar-refractivity contribution in [1.82, 2.24) is 0 Å².